The minimum Gasteiger partial charge on any atom is -0.339 e. The number of carbonyl (C=O) groups excluding carboxylic acids is 2. The van der Waals surface area contributed by atoms with Crippen LogP contribution in [0.3, 0.4) is 0 Å². The number of likely N-dealkylation sites (tertiary alicyclic amines) is 1. The Kier molecular flexibility index (Phi) is 5.33. The highest BCUT2D eigenvalue weighted by Gasteiger charge is 2.29. The molecule has 0 spiro atoms. The van der Waals surface area contributed by atoms with Gasteiger partial charge in [-0.05, 0) is 44.6 Å². The third kappa shape index (κ3) is 3.69. The Balaban J connectivity index is 1.54. The molecule has 130 valence electrons. The van der Waals surface area contributed by atoms with Gasteiger partial charge >= 0.3 is 0 Å². The van der Waals surface area contributed by atoms with Crippen molar-refractivity contribution < 1.29 is 9.59 Å². The van der Waals surface area contributed by atoms with Crippen molar-refractivity contribution in [3.05, 3.63) is 28.2 Å². The molecule has 2 amide bonds. The summed E-state index contributed by atoms with van der Waals surface area (Å²) in [5.41, 5.74) is 1.25. The molecule has 0 bridgehead atoms. The van der Waals surface area contributed by atoms with Crippen molar-refractivity contribution in [3.63, 3.8) is 0 Å². The fraction of sp³-hybridized carbons (Fsp3) is 0.611. The maximum Gasteiger partial charge on any atom is 0.245 e. The first-order valence-corrected chi connectivity index (χ1v) is 9.54. The van der Waals surface area contributed by atoms with Crippen LogP contribution < -0.4 is 0 Å². The van der Waals surface area contributed by atoms with E-state index in [1.54, 1.807) is 21.1 Å². The van der Waals surface area contributed by atoms with Gasteiger partial charge in [0.1, 0.15) is 5.01 Å². The van der Waals surface area contributed by atoms with E-state index in [-0.39, 0.29) is 17.7 Å². The van der Waals surface area contributed by atoms with E-state index in [0.29, 0.717) is 19.6 Å². The molecule has 5 nitrogen and oxygen atoms in total. The van der Waals surface area contributed by atoms with Crippen LogP contribution in [-0.4, -0.2) is 46.7 Å². The number of piperidine rings is 1. The Morgan fingerprint density at radius 3 is 2.71 bits per heavy atom. The molecule has 1 saturated heterocycles. The molecule has 6 heteroatoms. The molecule has 0 unspecified atom stereocenters. The van der Waals surface area contributed by atoms with Crippen molar-refractivity contribution in [2.45, 2.75) is 45.1 Å². The molecule has 0 N–H and O–H groups in total. The van der Waals surface area contributed by atoms with E-state index < -0.39 is 0 Å². The van der Waals surface area contributed by atoms with Gasteiger partial charge in [0, 0.05) is 30.9 Å². The SMILES string of the molecule is C=CC(=O)N1CCC(C(=O)N(C)Cc2nc3c(s2)CCCC3)CC1. The molecule has 0 aromatic carbocycles. The minimum absolute atomic E-state index is 0.0125. The van der Waals surface area contributed by atoms with Crippen molar-refractivity contribution in [1.82, 2.24) is 14.8 Å². The second-order valence-corrected chi connectivity index (χ2v) is 7.85. The maximum atomic E-state index is 12.7. The number of thiazole rings is 1. The summed E-state index contributed by atoms with van der Waals surface area (Å²) in [4.78, 5) is 34.0. The molecule has 1 fully saturated rings. The number of hydrogen-bond acceptors (Lipinski definition) is 4. The summed E-state index contributed by atoms with van der Waals surface area (Å²) in [6.45, 7) is 5.40. The summed E-state index contributed by atoms with van der Waals surface area (Å²) >= 11 is 1.77. The van der Waals surface area contributed by atoms with Crippen LogP contribution >= 0.6 is 11.3 Å². The van der Waals surface area contributed by atoms with Gasteiger partial charge in [-0.1, -0.05) is 6.58 Å². The highest BCUT2D eigenvalue weighted by molar-refractivity contribution is 7.11. The number of fused-ring (bicyclic) bond motifs is 1. The molecule has 1 aliphatic carbocycles. The normalized spacial score (nSPS) is 18.1. The second kappa shape index (κ2) is 7.47. The third-order valence-corrected chi connectivity index (χ3v) is 6.11. The molecule has 0 saturated carbocycles. The van der Waals surface area contributed by atoms with E-state index >= 15 is 0 Å². The standard InChI is InChI=1S/C18H25N3O2S/c1-3-17(22)21-10-8-13(9-11-21)18(23)20(2)12-16-19-14-6-4-5-7-15(14)24-16/h3,13H,1,4-12H2,2H3. The van der Waals surface area contributed by atoms with Crippen molar-refractivity contribution in [1.29, 1.82) is 0 Å². The molecule has 0 atom stereocenters. The first kappa shape index (κ1) is 17.1. The van der Waals surface area contributed by atoms with E-state index in [9.17, 15) is 9.59 Å². The fourth-order valence-corrected chi connectivity index (χ4v) is 4.75. The number of rotatable bonds is 4. The highest BCUT2D eigenvalue weighted by atomic mass is 32.1. The van der Waals surface area contributed by atoms with Crippen LogP contribution in [0.5, 0.6) is 0 Å². The Morgan fingerprint density at radius 2 is 2.04 bits per heavy atom. The molecule has 2 heterocycles. The number of amides is 2. The van der Waals surface area contributed by atoms with Gasteiger partial charge in [-0.3, -0.25) is 9.59 Å². The monoisotopic (exact) mass is 347 g/mol. The van der Waals surface area contributed by atoms with Crippen LogP contribution in [0.4, 0.5) is 0 Å². The van der Waals surface area contributed by atoms with Crippen LogP contribution in [0.15, 0.2) is 12.7 Å². The van der Waals surface area contributed by atoms with Gasteiger partial charge in [-0.25, -0.2) is 4.98 Å². The van der Waals surface area contributed by atoms with Gasteiger partial charge in [-0.15, -0.1) is 11.3 Å². The van der Waals surface area contributed by atoms with Crippen LogP contribution in [0, 0.1) is 5.92 Å². The molecule has 3 rings (SSSR count). The molecular weight excluding hydrogens is 322 g/mol. The van der Waals surface area contributed by atoms with Gasteiger partial charge in [0.2, 0.25) is 11.8 Å². The highest BCUT2D eigenvalue weighted by Crippen LogP contribution is 2.28. The van der Waals surface area contributed by atoms with Gasteiger partial charge in [-0.2, -0.15) is 0 Å². The van der Waals surface area contributed by atoms with Crippen molar-refractivity contribution in [3.8, 4) is 0 Å². The topological polar surface area (TPSA) is 53.5 Å². The first-order chi connectivity index (χ1) is 11.6. The number of aryl methyl sites for hydroxylation is 2. The van der Waals surface area contributed by atoms with Crippen LogP contribution in [-0.2, 0) is 29.0 Å². The predicted molar refractivity (Wildman–Crippen MR) is 94.7 cm³/mol. The summed E-state index contributed by atoms with van der Waals surface area (Å²) < 4.78 is 0. The van der Waals surface area contributed by atoms with E-state index in [1.807, 2.05) is 7.05 Å². The quantitative estimate of drug-likeness (QED) is 0.786. The minimum atomic E-state index is -0.0392. The average molecular weight is 347 g/mol. The van der Waals surface area contributed by atoms with Crippen molar-refractivity contribution in [2.24, 2.45) is 5.92 Å². The maximum absolute atomic E-state index is 12.7. The van der Waals surface area contributed by atoms with Gasteiger partial charge in [0.15, 0.2) is 0 Å². The Bertz CT molecular complexity index is 609. The smallest absolute Gasteiger partial charge is 0.245 e. The van der Waals surface area contributed by atoms with Gasteiger partial charge in [0.25, 0.3) is 0 Å². The van der Waals surface area contributed by atoms with Crippen LogP contribution in [0.1, 0.15) is 41.3 Å². The summed E-state index contributed by atoms with van der Waals surface area (Å²) in [5.74, 6) is 0.148. The van der Waals surface area contributed by atoms with E-state index in [1.165, 1.54) is 29.5 Å². The van der Waals surface area contributed by atoms with Gasteiger partial charge < -0.3 is 9.80 Å². The Morgan fingerprint density at radius 1 is 1.33 bits per heavy atom. The summed E-state index contributed by atoms with van der Waals surface area (Å²) in [7, 11) is 1.87. The largest absolute Gasteiger partial charge is 0.339 e. The lowest BCUT2D eigenvalue weighted by atomic mass is 9.95. The predicted octanol–water partition coefficient (Wildman–Crippen LogP) is 2.40. The molecule has 0 radical (unpaired) electrons. The summed E-state index contributed by atoms with van der Waals surface area (Å²) in [6.07, 6.45) is 7.52. The number of nitrogens with zero attached hydrogens (tertiary/aromatic N) is 3. The Labute approximate surface area is 147 Å². The fourth-order valence-electron chi connectivity index (χ4n) is 3.54. The molecule has 1 aliphatic heterocycles. The van der Waals surface area contributed by atoms with Crippen molar-refractivity contribution >= 4 is 23.2 Å². The molecule has 1 aromatic heterocycles. The number of hydrogen-bond donors (Lipinski definition) is 0. The number of aromatic nitrogens is 1. The Hall–Kier alpha value is -1.69. The first-order valence-electron chi connectivity index (χ1n) is 8.72. The lowest BCUT2D eigenvalue weighted by Gasteiger charge is -2.32. The number of carbonyl (C=O) groups is 2. The lowest BCUT2D eigenvalue weighted by molar-refractivity contribution is -0.138. The molecule has 1 aromatic rings. The molecule has 2 aliphatic rings. The summed E-state index contributed by atoms with van der Waals surface area (Å²) in [6, 6.07) is 0. The summed E-state index contributed by atoms with van der Waals surface area (Å²) in [5, 5.41) is 1.05. The van der Waals surface area contributed by atoms with E-state index in [4.69, 9.17) is 4.98 Å². The van der Waals surface area contributed by atoms with Gasteiger partial charge in [0.05, 0.1) is 12.2 Å². The average Bonchev–Trinajstić information content (AvgIpc) is 3.02. The third-order valence-electron chi connectivity index (χ3n) is 4.97. The van der Waals surface area contributed by atoms with Crippen LogP contribution in [0.25, 0.3) is 0 Å². The zero-order valence-corrected chi connectivity index (χ0v) is 15.1. The van der Waals surface area contributed by atoms with Crippen LogP contribution in [0.2, 0.25) is 0 Å². The zero-order valence-electron chi connectivity index (χ0n) is 14.3. The molecular formula is C18H25N3O2S. The van der Waals surface area contributed by atoms with E-state index in [2.05, 4.69) is 6.58 Å². The molecule has 24 heavy (non-hydrogen) atoms. The van der Waals surface area contributed by atoms with E-state index in [0.717, 1.165) is 30.7 Å². The van der Waals surface area contributed by atoms with Crippen molar-refractivity contribution in [2.75, 3.05) is 20.1 Å². The second-order valence-electron chi connectivity index (χ2n) is 6.68. The lowest BCUT2D eigenvalue weighted by Crippen LogP contribution is -2.42. The zero-order chi connectivity index (χ0) is 17.1.